The summed E-state index contributed by atoms with van der Waals surface area (Å²) < 4.78 is 7.14. The van der Waals surface area contributed by atoms with E-state index in [9.17, 15) is 5.11 Å². The summed E-state index contributed by atoms with van der Waals surface area (Å²) in [6.07, 6.45) is 0.294. The van der Waals surface area contributed by atoms with Crippen molar-refractivity contribution >= 4 is 10.9 Å². The molecule has 0 fully saturated rings. The normalized spacial score (nSPS) is 13.1. The number of para-hydroxylation sites is 1. The Kier molecular flexibility index (Phi) is 3.76. The van der Waals surface area contributed by atoms with E-state index in [0.29, 0.717) is 18.9 Å². The van der Waals surface area contributed by atoms with Crippen LogP contribution in [0, 0.1) is 0 Å². The number of rotatable bonds is 5. The van der Waals surface area contributed by atoms with Crippen molar-refractivity contribution in [2.24, 2.45) is 7.05 Å². The molecule has 0 amide bonds. The largest absolute Gasteiger partial charge is 0.384 e. The van der Waals surface area contributed by atoms with Gasteiger partial charge in [0.05, 0.1) is 12.1 Å². The third-order valence-electron chi connectivity index (χ3n) is 2.73. The van der Waals surface area contributed by atoms with Crippen molar-refractivity contribution in [1.82, 2.24) is 9.78 Å². The summed E-state index contributed by atoms with van der Waals surface area (Å²) in [5.41, 5.74) is 1.72. The zero-order valence-electron chi connectivity index (χ0n) is 10.3. The minimum Gasteiger partial charge on any atom is -0.384 e. The SMILES string of the molecule is CCCOCC(O)c1nn(C)c2ccccc12. The van der Waals surface area contributed by atoms with Gasteiger partial charge in [0, 0.05) is 19.0 Å². The number of aryl methyl sites for hydroxylation is 1. The molecule has 0 aliphatic heterocycles. The van der Waals surface area contributed by atoms with Gasteiger partial charge in [-0.3, -0.25) is 4.68 Å². The summed E-state index contributed by atoms with van der Waals surface area (Å²) in [6.45, 7) is 3.01. The predicted molar refractivity (Wildman–Crippen MR) is 66.8 cm³/mol. The number of hydrogen-bond donors (Lipinski definition) is 1. The highest BCUT2D eigenvalue weighted by Crippen LogP contribution is 2.23. The Balaban J connectivity index is 2.23. The second kappa shape index (κ2) is 5.29. The van der Waals surface area contributed by atoms with Gasteiger partial charge in [-0.15, -0.1) is 0 Å². The van der Waals surface area contributed by atoms with E-state index in [-0.39, 0.29) is 0 Å². The molecule has 0 saturated heterocycles. The minimum atomic E-state index is -0.660. The molecule has 2 aromatic rings. The van der Waals surface area contributed by atoms with Crippen molar-refractivity contribution in [2.75, 3.05) is 13.2 Å². The van der Waals surface area contributed by atoms with E-state index < -0.39 is 6.10 Å². The van der Waals surface area contributed by atoms with Crippen molar-refractivity contribution < 1.29 is 9.84 Å². The summed E-state index contributed by atoms with van der Waals surface area (Å²) in [6, 6.07) is 7.88. The molecule has 4 heteroatoms. The molecule has 1 aromatic heterocycles. The smallest absolute Gasteiger partial charge is 0.122 e. The number of aliphatic hydroxyl groups excluding tert-OH is 1. The van der Waals surface area contributed by atoms with E-state index in [1.165, 1.54) is 0 Å². The van der Waals surface area contributed by atoms with Gasteiger partial charge in [-0.05, 0) is 12.5 Å². The average Bonchev–Trinajstić information content (AvgIpc) is 2.68. The van der Waals surface area contributed by atoms with Crippen LogP contribution in [-0.2, 0) is 11.8 Å². The molecule has 1 heterocycles. The van der Waals surface area contributed by atoms with Crippen molar-refractivity contribution in [3.05, 3.63) is 30.0 Å². The van der Waals surface area contributed by atoms with E-state index in [0.717, 1.165) is 17.3 Å². The van der Waals surface area contributed by atoms with Crippen molar-refractivity contribution in [3.8, 4) is 0 Å². The maximum atomic E-state index is 10.1. The Morgan fingerprint density at radius 2 is 2.18 bits per heavy atom. The highest BCUT2D eigenvalue weighted by Gasteiger charge is 2.16. The molecule has 92 valence electrons. The molecule has 1 aromatic carbocycles. The molecule has 1 atom stereocenters. The summed E-state index contributed by atoms with van der Waals surface area (Å²) in [7, 11) is 1.88. The fraction of sp³-hybridized carbons (Fsp3) is 0.462. The Hall–Kier alpha value is -1.39. The Morgan fingerprint density at radius 1 is 1.41 bits per heavy atom. The third-order valence-corrected chi connectivity index (χ3v) is 2.73. The maximum Gasteiger partial charge on any atom is 0.122 e. The molecular weight excluding hydrogens is 216 g/mol. The maximum absolute atomic E-state index is 10.1. The highest BCUT2D eigenvalue weighted by molar-refractivity contribution is 5.82. The summed E-state index contributed by atoms with van der Waals surface area (Å²) >= 11 is 0. The summed E-state index contributed by atoms with van der Waals surface area (Å²) in [5.74, 6) is 0. The van der Waals surface area contributed by atoms with Crippen molar-refractivity contribution in [1.29, 1.82) is 0 Å². The number of fused-ring (bicyclic) bond motifs is 1. The van der Waals surface area contributed by atoms with Crippen LogP contribution in [0.4, 0.5) is 0 Å². The topological polar surface area (TPSA) is 47.3 Å². The lowest BCUT2D eigenvalue weighted by molar-refractivity contribution is 0.0346. The molecule has 4 nitrogen and oxygen atoms in total. The van der Waals surface area contributed by atoms with Crippen molar-refractivity contribution in [3.63, 3.8) is 0 Å². The second-order valence-electron chi connectivity index (χ2n) is 4.12. The first-order chi connectivity index (χ1) is 8.24. The minimum absolute atomic E-state index is 0.300. The van der Waals surface area contributed by atoms with E-state index in [4.69, 9.17) is 4.74 Å². The first-order valence-corrected chi connectivity index (χ1v) is 5.91. The van der Waals surface area contributed by atoms with Crippen LogP contribution in [0.3, 0.4) is 0 Å². The van der Waals surface area contributed by atoms with Crippen LogP contribution in [-0.4, -0.2) is 28.1 Å². The van der Waals surface area contributed by atoms with Crippen LogP contribution in [0.15, 0.2) is 24.3 Å². The number of aliphatic hydroxyl groups is 1. The van der Waals surface area contributed by atoms with Gasteiger partial charge in [-0.1, -0.05) is 25.1 Å². The summed E-state index contributed by atoms with van der Waals surface area (Å²) in [4.78, 5) is 0. The lowest BCUT2D eigenvalue weighted by Crippen LogP contribution is -2.09. The second-order valence-corrected chi connectivity index (χ2v) is 4.12. The van der Waals surface area contributed by atoms with Crippen molar-refractivity contribution in [2.45, 2.75) is 19.4 Å². The molecule has 0 radical (unpaired) electrons. The molecule has 0 spiro atoms. The van der Waals surface area contributed by atoms with Gasteiger partial charge in [-0.25, -0.2) is 0 Å². The lowest BCUT2D eigenvalue weighted by Gasteiger charge is -2.08. The van der Waals surface area contributed by atoms with Gasteiger partial charge in [-0.2, -0.15) is 5.10 Å². The first kappa shape index (κ1) is 12.1. The van der Waals surface area contributed by atoms with Crippen LogP contribution in [0.5, 0.6) is 0 Å². The lowest BCUT2D eigenvalue weighted by atomic mass is 10.1. The van der Waals surface area contributed by atoms with Crippen LogP contribution < -0.4 is 0 Å². The van der Waals surface area contributed by atoms with Crippen LogP contribution in [0.2, 0.25) is 0 Å². The van der Waals surface area contributed by atoms with E-state index in [2.05, 4.69) is 5.10 Å². The molecule has 1 unspecified atom stereocenters. The predicted octanol–water partition coefficient (Wildman–Crippen LogP) is 2.03. The van der Waals surface area contributed by atoms with Crippen LogP contribution >= 0.6 is 0 Å². The van der Waals surface area contributed by atoms with Gasteiger partial charge >= 0.3 is 0 Å². The van der Waals surface area contributed by atoms with Gasteiger partial charge in [0.15, 0.2) is 0 Å². The van der Waals surface area contributed by atoms with Gasteiger partial charge in [0.2, 0.25) is 0 Å². The van der Waals surface area contributed by atoms with Gasteiger partial charge in [0.25, 0.3) is 0 Å². The highest BCUT2D eigenvalue weighted by atomic mass is 16.5. The average molecular weight is 234 g/mol. The molecule has 2 rings (SSSR count). The Labute approximate surface area is 101 Å². The van der Waals surface area contributed by atoms with Gasteiger partial charge in [0.1, 0.15) is 11.8 Å². The Morgan fingerprint density at radius 3 is 2.94 bits per heavy atom. The van der Waals surface area contributed by atoms with Crippen LogP contribution in [0.25, 0.3) is 10.9 Å². The van der Waals surface area contributed by atoms with Gasteiger partial charge < -0.3 is 9.84 Å². The Bertz CT molecular complexity index is 493. The zero-order chi connectivity index (χ0) is 12.3. The molecule has 0 aliphatic carbocycles. The number of benzene rings is 1. The summed E-state index contributed by atoms with van der Waals surface area (Å²) in [5, 5.41) is 15.4. The van der Waals surface area contributed by atoms with E-state index in [1.54, 1.807) is 4.68 Å². The number of ether oxygens (including phenoxy) is 1. The monoisotopic (exact) mass is 234 g/mol. The molecule has 17 heavy (non-hydrogen) atoms. The fourth-order valence-corrected chi connectivity index (χ4v) is 1.91. The number of hydrogen-bond acceptors (Lipinski definition) is 3. The number of aromatic nitrogens is 2. The number of nitrogens with zero attached hydrogens (tertiary/aromatic N) is 2. The van der Waals surface area contributed by atoms with Crippen LogP contribution in [0.1, 0.15) is 25.1 Å². The molecule has 0 aliphatic rings. The quantitative estimate of drug-likeness (QED) is 0.805. The molecule has 1 N–H and O–H groups in total. The first-order valence-electron chi connectivity index (χ1n) is 5.91. The standard InChI is InChI=1S/C13H18N2O2/c1-3-8-17-9-12(16)13-10-6-4-5-7-11(10)15(2)14-13/h4-7,12,16H,3,8-9H2,1-2H3. The fourth-order valence-electron chi connectivity index (χ4n) is 1.91. The molecular formula is C13H18N2O2. The van der Waals surface area contributed by atoms with E-state index in [1.807, 2.05) is 38.2 Å². The van der Waals surface area contributed by atoms with E-state index >= 15 is 0 Å². The third kappa shape index (κ3) is 2.48. The zero-order valence-corrected chi connectivity index (χ0v) is 10.3. The molecule has 0 bridgehead atoms. The molecule has 0 saturated carbocycles.